The molecule has 5 heteroatoms. The molecule has 0 aliphatic rings. The minimum atomic E-state index is -1.26. The highest BCUT2D eigenvalue weighted by Crippen LogP contribution is 2.25. The summed E-state index contributed by atoms with van der Waals surface area (Å²) >= 11 is 0. The lowest BCUT2D eigenvalue weighted by atomic mass is 9.98. The van der Waals surface area contributed by atoms with E-state index in [9.17, 15) is 4.79 Å². The normalized spacial score (nSPS) is 14.3. The quantitative estimate of drug-likeness (QED) is 0.461. The molecule has 0 saturated carbocycles. The number of carbonyl (C=O) groups is 1. The van der Waals surface area contributed by atoms with Gasteiger partial charge in [-0.3, -0.25) is 10.1 Å². The Morgan fingerprint density at radius 1 is 1.03 bits per heavy atom. The molecule has 3 aromatic carbocycles. The van der Waals surface area contributed by atoms with E-state index in [1.54, 1.807) is 6.92 Å². The van der Waals surface area contributed by atoms with Crippen molar-refractivity contribution in [3.05, 3.63) is 78.4 Å². The van der Waals surface area contributed by atoms with E-state index in [0.29, 0.717) is 31.7 Å². The highest BCUT2D eigenvalue weighted by molar-refractivity contribution is 5.91. The molecule has 0 aliphatic carbocycles. The van der Waals surface area contributed by atoms with Gasteiger partial charge in [0, 0.05) is 6.54 Å². The average molecular weight is 392 g/mol. The standard InChI is InChI=1S/C24H29N3O2/c1-24(23(28)22(26)12-7-15-25,27-17-18-8-3-2-4-9-18)29-21-14-13-19-10-5-6-11-20(19)16-21/h2-6,8-11,13-14,16,22,27H,7,12,15,17,25-26H2,1H3/t22-,24?/m1/s1. The van der Waals surface area contributed by atoms with Gasteiger partial charge in [-0.2, -0.15) is 0 Å². The van der Waals surface area contributed by atoms with Crippen LogP contribution in [0.4, 0.5) is 0 Å². The van der Waals surface area contributed by atoms with Crippen molar-refractivity contribution in [3.8, 4) is 5.75 Å². The molecule has 0 amide bonds. The number of benzene rings is 3. The fourth-order valence-corrected chi connectivity index (χ4v) is 3.33. The summed E-state index contributed by atoms with van der Waals surface area (Å²) in [6, 6.07) is 23.1. The van der Waals surface area contributed by atoms with Gasteiger partial charge in [-0.1, -0.05) is 60.7 Å². The van der Waals surface area contributed by atoms with Gasteiger partial charge in [-0.25, -0.2) is 0 Å². The first-order valence-corrected chi connectivity index (χ1v) is 9.98. The second-order valence-electron chi connectivity index (χ2n) is 7.39. The van der Waals surface area contributed by atoms with Crippen molar-refractivity contribution in [2.24, 2.45) is 11.5 Å². The van der Waals surface area contributed by atoms with Crippen LogP contribution < -0.4 is 21.5 Å². The lowest BCUT2D eigenvalue weighted by Gasteiger charge is -2.32. The zero-order valence-electron chi connectivity index (χ0n) is 16.8. The molecule has 29 heavy (non-hydrogen) atoms. The summed E-state index contributed by atoms with van der Waals surface area (Å²) in [6.45, 7) is 2.73. The van der Waals surface area contributed by atoms with Crippen molar-refractivity contribution in [2.45, 2.75) is 38.1 Å². The van der Waals surface area contributed by atoms with E-state index < -0.39 is 11.8 Å². The molecule has 0 aromatic heterocycles. The number of Topliss-reactive ketones (excluding diaryl/α,β-unsaturated/α-hetero) is 1. The molecule has 0 bridgehead atoms. The van der Waals surface area contributed by atoms with Crippen molar-refractivity contribution in [2.75, 3.05) is 6.54 Å². The number of rotatable bonds is 10. The van der Waals surface area contributed by atoms with Crippen molar-refractivity contribution in [1.29, 1.82) is 0 Å². The molecule has 0 aliphatic heterocycles. The molecular weight excluding hydrogens is 362 g/mol. The lowest BCUT2D eigenvalue weighted by molar-refractivity contribution is -0.137. The summed E-state index contributed by atoms with van der Waals surface area (Å²) in [7, 11) is 0. The lowest BCUT2D eigenvalue weighted by Crippen LogP contribution is -2.59. The van der Waals surface area contributed by atoms with Gasteiger partial charge in [0.2, 0.25) is 11.5 Å². The van der Waals surface area contributed by atoms with E-state index in [4.69, 9.17) is 16.2 Å². The molecule has 0 heterocycles. The Labute approximate surface area is 172 Å². The third-order valence-electron chi connectivity index (χ3n) is 5.04. The maximum atomic E-state index is 13.2. The van der Waals surface area contributed by atoms with E-state index in [-0.39, 0.29) is 5.78 Å². The van der Waals surface area contributed by atoms with Gasteiger partial charge < -0.3 is 16.2 Å². The Morgan fingerprint density at radius 3 is 2.45 bits per heavy atom. The van der Waals surface area contributed by atoms with Crippen LogP contribution in [-0.4, -0.2) is 24.1 Å². The topological polar surface area (TPSA) is 90.4 Å². The van der Waals surface area contributed by atoms with Gasteiger partial charge in [-0.05, 0) is 54.8 Å². The number of hydrogen-bond acceptors (Lipinski definition) is 5. The number of fused-ring (bicyclic) bond motifs is 1. The second kappa shape index (κ2) is 9.65. The van der Waals surface area contributed by atoms with E-state index in [2.05, 4.69) is 5.32 Å². The Bertz CT molecular complexity index is 945. The monoisotopic (exact) mass is 391 g/mol. The summed E-state index contributed by atoms with van der Waals surface area (Å²) in [4.78, 5) is 13.2. The van der Waals surface area contributed by atoms with Crippen LogP contribution in [0.5, 0.6) is 5.75 Å². The van der Waals surface area contributed by atoms with Crippen LogP contribution >= 0.6 is 0 Å². The first-order chi connectivity index (χ1) is 14.0. The number of nitrogens with two attached hydrogens (primary N) is 2. The summed E-state index contributed by atoms with van der Waals surface area (Å²) in [5.41, 5.74) is 11.6. The van der Waals surface area contributed by atoms with Gasteiger partial charge >= 0.3 is 0 Å². The van der Waals surface area contributed by atoms with Gasteiger partial charge in [0.05, 0.1) is 6.04 Å². The van der Waals surface area contributed by atoms with E-state index in [0.717, 1.165) is 16.3 Å². The molecule has 0 radical (unpaired) electrons. The van der Waals surface area contributed by atoms with Crippen molar-refractivity contribution in [3.63, 3.8) is 0 Å². The van der Waals surface area contributed by atoms with E-state index in [1.165, 1.54) is 0 Å². The maximum absolute atomic E-state index is 13.2. The highest BCUT2D eigenvalue weighted by atomic mass is 16.5. The van der Waals surface area contributed by atoms with Crippen LogP contribution in [0.1, 0.15) is 25.3 Å². The predicted molar refractivity (Wildman–Crippen MR) is 118 cm³/mol. The maximum Gasteiger partial charge on any atom is 0.219 e. The Kier molecular flexibility index (Phi) is 6.99. The summed E-state index contributed by atoms with van der Waals surface area (Å²) in [5, 5.41) is 5.45. The fourth-order valence-electron chi connectivity index (χ4n) is 3.33. The van der Waals surface area contributed by atoms with E-state index >= 15 is 0 Å². The van der Waals surface area contributed by atoms with Crippen LogP contribution in [0.2, 0.25) is 0 Å². The SMILES string of the molecule is CC(NCc1ccccc1)(Oc1ccc2ccccc2c1)C(=O)[C@H](N)CCCN. The van der Waals surface area contributed by atoms with Gasteiger partial charge in [-0.15, -0.1) is 0 Å². The predicted octanol–water partition coefficient (Wildman–Crippen LogP) is 3.36. The number of hydrogen-bond donors (Lipinski definition) is 3. The van der Waals surface area contributed by atoms with Gasteiger partial charge in [0.1, 0.15) is 5.75 Å². The fraction of sp³-hybridized carbons (Fsp3) is 0.292. The third kappa shape index (κ3) is 5.41. The van der Waals surface area contributed by atoms with Crippen molar-refractivity contribution >= 4 is 16.6 Å². The van der Waals surface area contributed by atoms with Crippen LogP contribution in [0.3, 0.4) is 0 Å². The average Bonchev–Trinajstić information content (AvgIpc) is 2.76. The molecule has 0 spiro atoms. The molecule has 0 fully saturated rings. The Morgan fingerprint density at radius 2 is 1.72 bits per heavy atom. The number of ketones is 1. The van der Waals surface area contributed by atoms with Gasteiger partial charge in [0.15, 0.2) is 0 Å². The first kappa shape index (κ1) is 21.0. The molecule has 3 rings (SSSR count). The molecular formula is C24H29N3O2. The highest BCUT2D eigenvalue weighted by Gasteiger charge is 2.38. The largest absolute Gasteiger partial charge is 0.466 e. The van der Waals surface area contributed by atoms with E-state index in [1.807, 2.05) is 72.8 Å². The Hall–Kier alpha value is -2.73. The molecule has 3 aromatic rings. The molecule has 1 unspecified atom stereocenters. The minimum absolute atomic E-state index is 0.185. The van der Waals surface area contributed by atoms with Crippen LogP contribution in [0, 0.1) is 0 Å². The number of nitrogens with one attached hydrogen (secondary N) is 1. The van der Waals surface area contributed by atoms with Crippen molar-refractivity contribution < 1.29 is 9.53 Å². The second-order valence-corrected chi connectivity index (χ2v) is 7.39. The summed E-state index contributed by atoms with van der Waals surface area (Å²) < 4.78 is 6.22. The Balaban J connectivity index is 1.84. The third-order valence-corrected chi connectivity index (χ3v) is 5.04. The zero-order chi connectivity index (χ0) is 20.7. The summed E-state index contributed by atoms with van der Waals surface area (Å²) in [5.74, 6) is 0.432. The minimum Gasteiger partial charge on any atom is -0.466 e. The van der Waals surface area contributed by atoms with Crippen LogP contribution in [-0.2, 0) is 11.3 Å². The number of carbonyl (C=O) groups excluding carboxylic acids is 1. The smallest absolute Gasteiger partial charge is 0.219 e. The molecule has 2 atom stereocenters. The number of ether oxygens (including phenoxy) is 1. The van der Waals surface area contributed by atoms with Crippen LogP contribution in [0.15, 0.2) is 72.8 Å². The molecule has 5 N–H and O–H groups in total. The van der Waals surface area contributed by atoms with Gasteiger partial charge in [0.25, 0.3) is 0 Å². The molecule has 0 saturated heterocycles. The zero-order valence-corrected chi connectivity index (χ0v) is 16.8. The molecule has 152 valence electrons. The van der Waals surface area contributed by atoms with Crippen LogP contribution in [0.25, 0.3) is 10.8 Å². The molecule has 5 nitrogen and oxygen atoms in total. The van der Waals surface area contributed by atoms with Crippen molar-refractivity contribution in [1.82, 2.24) is 5.32 Å². The first-order valence-electron chi connectivity index (χ1n) is 9.98. The summed E-state index contributed by atoms with van der Waals surface area (Å²) in [6.07, 6.45) is 1.22.